The molecule has 0 aliphatic rings. The van der Waals surface area contributed by atoms with E-state index in [1.807, 2.05) is 19.1 Å². The molecule has 0 radical (unpaired) electrons. The van der Waals surface area contributed by atoms with E-state index in [1.165, 1.54) is 5.56 Å². The van der Waals surface area contributed by atoms with Crippen molar-refractivity contribution in [3.63, 3.8) is 0 Å². The molecule has 1 aromatic carbocycles. The zero-order valence-electron chi connectivity index (χ0n) is 7.52. The molecule has 0 saturated carbocycles. The van der Waals surface area contributed by atoms with E-state index in [0.29, 0.717) is 0 Å². The minimum atomic E-state index is 0.899. The van der Waals surface area contributed by atoms with Crippen LogP contribution in [0.5, 0.6) is 0 Å². The zero-order valence-corrected chi connectivity index (χ0v) is 7.52. The van der Waals surface area contributed by atoms with Crippen molar-refractivity contribution in [3.8, 4) is 11.8 Å². The molecule has 0 bridgehead atoms. The predicted octanol–water partition coefficient (Wildman–Crippen LogP) is 2.92. The van der Waals surface area contributed by atoms with Crippen LogP contribution in [0, 0.1) is 18.8 Å². The molecule has 1 aromatic rings. The maximum atomic E-state index is 3.71. The van der Waals surface area contributed by atoms with Gasteiger partial charge in [-0.1, -0.05) is 36.1 Å². The summed E-state index contributed by atoms with van der Waals surface area (Å²) in [5, 5.41) is 0. The van der Waals surface area contributed by atoms with Gasteiger partial charge in [-0.25, -0.2) is 0 Å². The van der Waals surface area contributed by atoms with Gasteiger partial charge in [-0.3, -0.25) is 0 Å². The fraction of sp³-hybridized carbons (Fsp3) is 0.167. The number of aryl methyl sites for hydroxylation is 1. The molecule has 0 unspecified atom stereocenters. The highest BCUT2D eigenvalue weighted by molar-refractivity contribution is 5.39. The highest BCUT2D eigenvalue weighted by atomic mass is 13.9. The summed E-state index contributed by atoms with van der Waals surface area (Å²) >= 11 is 0. The summed E-state index contributed by atoms with van der Waals surface area (Å²) in [6.45, 7) is 7.68. The molecule has 0 amide bonds. The molecule has 0 nitrogen and oxygen atoms in total. The fourth-order valence-corrected chi connectivity index (χ4v) is 0.816. The zero-order chi connectivity index (χ0) is 8.97. The highest BCUT2D eigenvalue weighted by Crippen LogP contribution is 2.01. The average molecular weight is 156 g/mol. The molecule has 0 aromatic heterocycles. The number of rotatable bonds is 0. The van der Waals surface area contributed by atoms with E-state index < -0.39 is 0 Å². The Morgan fingerprint density at radius 2 is 1.83 bits per heavy atom. The Bertz CT molecular complexity index is 331. The van der Waals surface area contributed by atoms with E-state index in [4.69, 9.17) is 0 Å². The molecule has 0 atom stereocenters. The van der Waals surface area contributed by atoms with Crippen LogP contribution in [0.3, 0.4) is 0 Å². The second kappa shape index (κ2) is 3.78. The van der Waals surface area contributed by atoms with Crippen LogP contribution in [0.25, 0.3) is 0 Å². The number of hydrogen-bond acceptors (Lipinski definition) is 0. The van der Waals surface area contributed by atoms with Crippen LogP contribution in [0.2, 0.25) is 0 Å². The lowest BCUT2D eigenvalue weighted by atomic mass is 10.1. The van der Waals surface area contributed by atoms with Crippen LogP contribution in [0.4, 0.5) is 0 Å². The summed E-state index contributed by atoms with van der Waals surface area (Å²) in [5.41, 5.74) is 3.20. The summed E-state index contributed by atoms with van der Waals surface area (Å²) in [6, 6.07) is 8.15. The first-order chi connectivity index (χ1) is 5.68. The highest BCUT2D eigenvalue weighted by Gasteiger charge is 1.84. The van der Waals surface area contributed by atoms with E-state index >= 15 is 0 Å². The monoisotopic (exact) mass is 156 g/mol. The van der Waals surface area contributed by atoms with Crippen molar-refractivity contribution in [2.75, 3.05) is 0 Å². The smallest absolute Gasteiger partial charge is 0.0249 e. The Morgan fingerprint density at radius 3 is 2.33 bits per heavy atom. The largest absolute Gasteiger partial charge is 0.0877 e. The molecule has 0 saturated heterocycles. The van der Waals surface area contributed by atoms with E-state index in [1.54, 1.807) is 0 Å². The lowest BCUT2D eigenvalue weighted by Crippen LogP contribution is -1.74. The quantitative estimate of drug-likeness (QED) is 0.507. The maximum Gasteiger partial charge on any atom is 0.0249 e. The first-order valence-electron chi connectivity index (χ1n) is 3.92. The fourth-order valence-electron chi connectivity index (χ4n) is 0.816. The van der Waals surface area contributed by atoms with Gasteiger partial charge in [-0.15, -0.1) is 0 Å². The second-order valence-electron chi connectivity index (χ2n) is 2.90. The van der Waals surface area contributed by atoms with Crippen LogP contribution in [0.1, 0.15) is 18.1 Å². The first-order valence-corrected chi connectivity index (χ1v) is 3.92. The Labute approximate surface area is 73.9 Å². The number of hydrogen-bond donors (Lipinski definition) is 0. The van der Waals surface area contributed by atoms with Crippen LogP contribution >= 0.6 is 0 Å². The Kier molecular flexibility index (Phi) is 2.71. The van der Waals surface area contributed by atoms with Crippen molar-refractivity contribution in [2.45, 2.75) is 13.8 Å². The van der Waals surface area contributed by atoms with Gasteiger partial charge < -0.3 is 0 Å². The summed E-state index contributed by atoms with van der Waals surface area (Å²) < 4.78 is 0. The first kappa shape index (κ1) is 8.62. The molecule has 60 valence electrons. The van der Waals surface area contributed by atoms with Crippen molar-refractivity contribution in [1.82, 2.24) is 0 Å². The third-order valence-electron chi connectivity index (χ3n) is 1.47. The maximum absolute atomic E-state index is 3.71. The molecule has 0 N–H and O–H groups in total. The molecule has 0 aliphatic heterocycles. The van der Waals surface area contributed by atoms with Crippen molar-refractivity contribution in [2.24, 2.45) is 0 Å². The van der Waals surface area contributed by atoms with Gasteiger partial charge in [0.1, 0.15) is 0 Å². The molecule has 0 heterocycles. The lowest BCUT2D eigenvalue weighted by molar-refractivity contribution is 1.46. The normalized spacial score (nSPS) is 8.50. The van der Waals surface area contributed by atoms with Crippen LogP contribution in [-0.2, 0) is 0 Å². The third kappa shape index (κ3) is 2.64. The minimum absolute atomic E-state index is 0.899. The van der Waals surface area contributed by atoms with E-state index in [0.717, 1.165) is 11.1 Å². The van der Waals surface area contributed by atoms with Gasteiger partial charge in [0.15, 0.2) is 0 Å². The molecular formula is C12H12. The topological polar surface area (TPSA) is 0 Å². The van der Waals surface area contributed by atoms with E-state index in [2.05, 4.69) is 37.5 Å². The van der Waals surface area contributed by atoms with Crippen molar-refractivity contribution in [3.05, 3.63) is 47.5 Å². The van der Waals surface area contributed by atoms with Crippen LogP contribution in [0.15, 0.2) is 36.4 Å². The van der Waals surface area contributed by atoms with Gasteiger partial charge >= 0.3 is 0 Å². The summed E-state index contributed by atoms with van der Waals surface area (Å²) in [6.07, 6.45) is 0. The van der Waals surface area contributed by atoms with Crippen molar-refractivity contribution in [1.29, 1.82) is 0 Å². The summed E-state index contributed by atoms with van der Waals surface area (Å²) in [7, 11) is 0. The molecule has 0 heteroatoms. The van der Waals surface area contributed by atoms with E-state index in [-0.39, 0.29) is 0 Å². The van der Waals surface area contributed by atoms with Crippen molar-refractivity contribution < 1.29 is 0 Å². The molecule has 0 fully saturated rings. The van der Waals surface area contributed by atoms with Gasteiger partial charge in [0.25, 0.3) is 0 Å². The second-order valence-corrected chi connectivity index (χ2v) is 2.90. The lowest BCUT2D eigenvalue weighted by Gasteiger charge is -1.90. The van der Waals surface area contributed by atoms with Gasteiger partial charge in [0.2, 0.25) is 0 Å². The standard InChI is InChI=1S/C12H12/c1-10(2)4-7-12-8-5-11(3)6-9-12/h5-6,8-9H,1H2,2-3H3. The Balaban J connectivity index is 2.86. The minimum Gasteiger partial charge on any atom is -0.0877 e. The van der Waals surface area contributed by atoms with Crippen LogP contribution < -0.4 is 0 Å². The van der Waals surface area contributed by atoms with Gasteiger partial charge in [-0.05, 0) is 31.6 Å². The number of allylic oxidation sites excluding steroid dienone is 1. The molecule has 12 heavy (non-hydrogen) atoms. The number of benzene rings is 1. The molecular weight excluding hydrogens is 144 g/mol. The molecule has 1 rings (SSSR count). The van der Waals surface area contributed by atoms with E-state index in [9.17, 15) is 0 Å². The summed E-state index contributed by atoms with van der Waals surface area (Å²) in [5.74, 6) is 5.96. The SMILES string of the molecule is C=C(C)C#Cc1ccc(C)cc1. The Morgan fingerprint density at radius 1 is 1.25 bits per heavy atom. The molecule has 0 spiro atoms. The van der Waals surface area contributed by atoms with Gasteiger partial charge in [0, 0.05) is 5.56 Å². The molecule has 0 aliphatic carbocycles. The Hall–Kier alpha value is -1.48. The van der Waals surface area contributed by atoms with Gasteiger partial charge in [-0.2, -0.15) is 0 Å². The van der Waals surface area contributed by atoms with Gasteiger partial charge in [0.05, 0.1) is 0 Å². The summed E-state index contributed by atoms with van der Waals surface area (Å²) in [4.78, 5) is 0. The van der Waals surface area contributed by atoms with Crippen LogP contribution in [-0.4, -0.2) is 0 Å². The predicted molar refractivity (Wildman–Crippen MR) is 52.9 cm³/mol. The average Bonchev–Trinajstić information content (AvgIpc) is 2.03. The third-order valence-corrected chi connectivity index (χ3v) is 1.47. The van der Waals surface area contributed by atoms with Crippen molar-refractivity contribution >= 4 is 0 Å².